The molecule has 144 valence electrons. The normalized spacial score (nSPS) is 20.8. The first kappa shape index (κ1) is 18.2. The molecule has 0 spiro atoms. The van der Waals surface area contributed by atoms with Crippen molar-refractivity contribution in [1.29, 1.82) is 0 Å². The van der Waals surface area contributed by atoms with Gasteiger partial charge in [0.15, 0.2) is 0 Å². The molecular weight excluding hydrogens is 338 g/mol. The fourth-order valence-electron chi connectivity index (χ4n) is 3.76. The fourth-order valence-corrected chi connectivity index (χ4v) is 3.76. The van der Waals surface area contributed by atoms with Crippen LogP contribution >= 0.6 is 0 Å². The summed E-state index contributed by atoms with van der Waals surface area (Å²) in [6.45, 7) is 8.73. The zero-order chi connectivity index (χ0) is 18.5. The largest absolute Gasteiger partial charge is 0.376 e. The maximum Gasteiger partial charge on any atom is 0.227 e. The SMILES string of the molecule is Cc1cc(NCC2CCCO2)nc(N2CCN(Cc3ccccc3)CC2)n1. The Morgan fingerprint density at radius 2 is 1.93 bits per heavy atom. The van der Waals surface area contributed by atoms with Gasteiger partial charge in [-0.1, -0.05) is 30.3 Å². The lowest BCUT2D eigenvalue weighted by Gasteiger charge is -2.35. The van der Waals surface area contributed by atoms with Gasteiger partial charge < -0.3 is 15.0 Å². The minimum Gasteiger partial charge on any atom is -0.376 e. The van der Waals surface area contributed by atoms with E-state index in [9.17, 15) is 0 Å². The summed E-state index contributed by atoms with van der Waals surface area (Å²) in [5, 5.41) is 3.44. The summed E-state index contributed by atoms with van der Waals surface area (Å²) >= 11 is 0. The number of rotatable bonds is 6. The van der Waals surface area contributed by atoms with Gasteiger partial charge in [-0.2, -0.15) is 4.98 Å². The fraction of sp³-hybridized carbons (Fsp3) is 0.524. The molecule has 1 atom stereocenters. The van der Waals surface area contributed by atoms with Crippen LogP contribution in [0.1, 0.15) is 24.1 Å². The Kier molecular flexibility index (Phi) is 5.84. The third-order valence-electron chi connectivity index (χ3n) is 5.28. The van der Waals surface area contributed by atoms with E-state index in [-0.39, 0.29) is 0 Å². The monoisotopic (exact) mass is 367 g/mol. The van der Waals surface area contributed by atoms with Crippen molar-refractivity contribution in [3.63, 3.8) is 0 Å². The molecule has 2 aromatic rings. The van der Waals surface area contributed by atoms with E-state index in [2.05, 4.69) is 50.4 Å². The molecule has 1 N–H and O–H groups in total. The average molecular weight is 367 g/mol. The van der Waals surface area contributed by atoms with Crippen molar-refractivity contribution in [3.05, 3.63) is 47.7 Å². The molecule has 2 aliphatic rings. The first-order valence-electron chi connectivity index (χ1n) is 9.99. The van der Waals surface area contributed by atoms with Gasteiger partial charge in [-0.15, -0.1) is 0 Å². The quantitative estimate of drug-likeness (QED) is 0.847. The molecule has 0 aliphatic carbocycles. The molecule has 4 rings (SSSR count). The molecule has 0 amide bonds. The number of piperazine rings is 1. The highest BCUT2D eigenvalue weighted by Gasteiger charge is 2.20. The minimum absolute atomic E-state index is 0.310. The van der Waals surface area contributed by atoms with Crippen LogP contribution in [0.4, 0.5) is 11.8 Å². The summed E-state index contributed by atoms with van der Waals surface area (Å²) in [5.41, 5.74) is 2.37. The van der Waals surface area contributed by atoms with E-state index < -0.39 is 0 Å². The highest BCUT2D eigenvalue weighted by molar-refractivity contribution is 5.44. The molecule has 2 fully saturated rings. The van der Waals surface area contributed by atoms with Gasteiger partial charge >= 0.3 is 0 Å². The van der Waals surface area contributed by atoms with Crippen molar-refractivity contribution in [3.8, 4) is 0 Å². The molecule has 3 heterocycles. The third kappa shape index (κ3) is 4.96. The van der Waals surface area contributed by atoms with Crippen LogP contribution in [0.25, 0.3) is 0 Å². The third-order valence-corrected chi connectivity index (χ3v) is 5.28. The standard InChI is InChI=1S/C21H29N5O/c1-17-14-20(22-15-19-8-5-13-27-19)24-21(23-17)26-11-9-25(10-12-26)16-18-6-3-2-4-7-18/h2-4,6-7,14,19H,5,8-13,15-16H2,1H3,(H,22,23,24). The molecular formula is C21H29N5O. The second kappa shape index (κ2) is 8.67. The number of hydrogen-bond acceptors (Lipinski definition) is 6. The second-order valence-electron chi connectivity index (χ2n) is 7.46. The van der Waals surface area contributed by atoms with Gasteiger partial charge in [0.05, 0.1) is 6.10 Å². The lowest BCUT2D eigenvalue weighted by Crippen LogP contribution is -2.46. The minimum atomic E-state index is 0.310. The van der Waals surface area contributed by atoms with Crippen molar-refractivity contribution in [2.75, 3.05) is 49.5 Å². The molecule has 2 saturated heterocycles. The van der Waals surface area contributed by atoms with Gasteiger partial charge in [0.2, 0.25) is 5.95 Å². The summed E-state index contributed by atoms with van der Waals surface area (Å²) in [7, 11) is 0. The number of aryl methyl sites for hydroxylation is 1. The molecule has 1 unspecified atom stereocenters. The van der Waals surface area contributed by atoms with Crippen LogP contribution in [0.15, 0.2) is 36.4 Å². The van der Waals surface area contributed by atoms with E-state index in [1.165, 1.54) is 5.56 Å². The summed E-state index contributed by atoms with van der Waals surface area (Å²) in [4.78, 5) is 14.2. The number of nitrogens with one attached hydrogen (secondary N) is 1. The highest BCUT2D eigenvalue weighted by atomic mass is 16.5. The maximum atomic E-state index is 5.69. The van der Waals surface area contributed by atoms with Gasteiger partial charge in [-0.05, 0) is 25.3 Å². The Morgan fingerprint density at radius 3 is 2.67 bits per heavy atom. The van der Waals surface area contributed by atoms with Gasteiger partial charge in [0, 0.05) is 57.6 Å². The zero-order valence-corrected chi connectivity index (χ0v) is 16.1. The Morgan fingerprint density at radius 1 is 1.11 bits per heavy atom. The Balaban J connectivity index is 1.33. The summed E-state index contributed by atoms with van der Waals surface area (Å²) in [6.07, 6.45) is 2.60. The molecule has 1 aromatic carbocycles. The summed E-state index contributed by atoms with van der Waals surface area (Å²) in [5.74, 6) is 1.74. The zero-order valence-electron chi connectivity index (χ0n) is 16.1. The van der Waals surface area contributed by atoms with Crippen LogP contribution in [-0.2, 0) is 11.3 Å². The molecule has 0 bridgehead atoms. The number of benzene rings is 1. The van der Waals surface area contributed by atoms with Crippen molar-refractivity contribution >= 4 is 11.8 Å². The molecule has 2 aliphatic heterocycles. The van der Waals surface area contributed by atoms with Crippen LogP contribution < -0.4 is 10.2 Å². The highest BCUT2D eigenvalue weighted by Crippen LogP contribution is 2.18. The van der Waals surface area contributed by atoms with Crippen LogP contribution in [0, 0.1) is 6.92 Å². The van der Waals surface area contributed by atoms with Gasteiger partial charge in [0.1, 0.15) is 5.82 Å². The Bertz CT molecular complexity index is 725. The lowest BCUT2D eigenvalue weighted by molar-refractivity contribution is 0.120. The van der Waals surface area contributed by atoms with Gasteiger partial charge in [-0.3, -0.25) is 4.90 Å². The molecule has 6 nitrogen and oxygen atoms in total. The van der Waals surface area contributed by atoms with Crippen molar-refractivity contribution in [1.82, 2.24) is 14.9 Å². The first-order valence-corrected chi connectivity index (χ1v) is 9.99. The van der Waals surface area contributed by atoms with Crippen LogP contribution in [0.2, 0.25) is 0 Å². The van der Waals surface area contributed by atoms with E-state index in [4.69, 9.17) is 9.72 Å². The smallest absolute Gasteiger partial charge is 0.227 e. The number of hydrogen-bond donors (Lipinski definition) is 1. The Hall–Kier alpha value is -2.18. The van der Waals surface area contributed by atoms with Crippen LogP contribution in [0.3, 0.4) is 0 Å². The van der Waals surface area contributed by atoms with Crippen molar-refractivity contribution in [2.24, 2.45) is 0 Å². The molecule has 0 radical (unpaired) electrons. The Labute approximate surface area is 161 Å². The predicted molar refractivity (Wildman–Crippen MR) is 108 cm³/mol. The average Bonchev–Trinajstić information content (AvgIpc) is 3.21. The molecule has 1 aromatic heterocycles. The van der Waals surface area contributed by atoms with E-state index in [0.717, 1.165) is 76.2 Å². The van der Waals surface area contributed by atoms with Gasteiger partial charge in [-0.25, -0.2) is 4.98 Å². The van der Waals surface area contributed by atoms with E-state index in [1.54, 1.807) is 0 Å². The second-order valence-corrected chi connectivity index (χ2v) is 7.46. The predicted octanol–water partition coefficient (Wildman–Crippen LogP) is 2.70. The lowest BCUT2D eigenvalue weighted by atomic mass is 10.2. The van der Waals surface area contributed by atoms with Crippen LogP contribution in [-0.4, -0.2) is 60.3 Å². The molecule has 6 heteroatoms. The molecule has 0 saturated carbocycles. The van der Waals surface area contributed by atoms with E-state index in [1.807, 2.05) is 13.0 Å². The summed E-state index contributed by atoms with van der Waals surface area (Å²) < 4.78 is 5.69. The number of anilines is 2. The van der Waals surface area contributed by atoms with Crippen molar-refractivity contribution < 1.29 is 4.74 Å². The van der Waals surface area contributed by atoms with E-state index in [0.29, 0.717) is 6.10 Å². The molecule has 27 heavy (non-hydrogen) atoms. The number of nitrogens with zero attached hydrogens (tertiary/aromatic N) is 4. The van der Waals surface area contributed by atoms with Crippen molar-refractivity contribution in [2.45, 2.75) is 32.4 Å². The number of ether oxygens (including phenoxy) is 1. The summed E-state index contributed by atoms with van der Waals surface area (Å²) in [6, 6.07) is 12.7. The number of aromatic nitrogens is 2. The topological polar surface area (TPSA) is 53.5 Å². The van der Waals surface area contributed by atoms with Gasteiger partial charge in [0.25, 0.3) is 0 Å². The van der Waals surface area contributed by atoms with Crippen LogP contribution in [0.5, 0.6) is 0 Å². The maximum absolute atomic E-state index is 5.69. The van der Waals surface area contributed by atoms with E-state index >= 15 is 0 Å². The first-order chi connectivity index (χ1) is 13.3.